The van der Waals surface area contributed by atoms with Crippen molar-refractivity contribution < 1.29 is 32.7 Å². The summed E-state index contributed by atoms with van der Waals surface area (Å²) in [6.07, 6.45) is 0. The predicted molar refractivity (Wildman–Crippen MR) is 49.7 cm³/mol. The van der Waals surface area contributed by atoms with Gasteiger partial charge in [0.15, 0.2) is 0 Å². The van der Waals surface area contributed by atoms with Gasteiger partial charge in [0, 0.05) is 38.4 Å². The van der Waals surface area contributed by atoms with Crippen LogP contribution in [0.25, 0.3) is 10.9 Å². The Bertz CT molecular complexity index is 426. The minimum Gasteiger partial charge on any atom is -0.408 e. The monoisotopic (exact) mass is 246 g/mol. The standard InChI is InChI=1S/C10H9N2.Y/c1-7-6-9(11)8-4-2-3-5-10(8)12-7;/h3-6H,1H3,(H2,11,12);/q-1;. The zero-order chi connectivity index (χ0) is 8.55. The van der Waals surface area contributed by atoms with Crippen molar-refractivity contribution in [2.75, 3.05) is 5.73 Å². The molecule has 0 amide bonds. The van der Waals surface area contributed by atoms with E-state index in [1.165, 1.54) is 0 Å². The van der Waals surface area contributed by atoms with Crippen LogP contribution in [0, 0.1) is 13.0 Å². The Kier molecular flexibility index (Phi) is 3.40. The Morgan fingerprint density at radius 1 is 1.46 bits per heavy atom. The van der Waals surface area contributed by atoms with Gasteiger partial charge in [-0.2, -0.15) is 18.2 Å². The molecular formula is C10H9N2Y-. The van der Waals surface area contributed by atoms with E-state index in [1.807, 2.05) is 31.2 Å². The van der Waals surface area contributed by atoms with Gasteiger partial charge in [0.25, 0.3) is 0 Å². The summed E-state index contributed by atoms with van der Waals surface area (Å²) in [5.41, 5.74) is 8.46. The fourth-order valence-corrected chi connectivity index (χ4v) is 1.28. The average Bonchev–Trinajstić information content (AvgIpc) is 2.04. The van der Waals surface area contributed by atoms with Gasteiger partial charge in [-0.1, -0.05) is 5.39 Å². The van der Waals surface area contributed by atoms with Crippen molar-refractivity contribution in [3.63, 3.8) is 0 Å². The second kappa shape index (κ2) is 4.16. The number of fused-ring (bicyclic) bond motifs is 1. The largest absolute Gasteiger partial charge is 0.408 e. The van der Waals surface area contributed by atoms with Gasteiger partial charge in [-0.25, -0.2) is 0 Å². The van der Waals surface area contributed by atoms with Crippen LogP contribution in [-0.2, 0) is 32.7 Å². The molecule has 2 nitrogen and oxygen atoms in total. The zero-order valence-corrected chi connectivity index (χ0v) is 10.2. The van der Waals surface area contributed by atoms with Crippen LogP contribution in [0.15, 0.2) is 24.3 Å². The third-order valence-electron chi connectivity index (χ3n) is 1.81. The molecule has 0 bridgehead atoms. The Morgan fingerprint density at radius 3 is 3.00 bits per heavy atom. The number of aromatic nitrogens is 1. The van der Waals surface area contributed by atoms with Crippen molar-refractivity contribution in [2.24, 2.45) is 0 Å². The van der Waals surface area contributed by atoms with Gasteiger partial charge in [0.1, 0.15) is 0 Å². The smallest absolute Gasteiger partial charge is 0.0364 e. The second-order valence-electron chi connectivity index (χ2n) is 2.80. The first kappa shape index (κ1) is 10.6. The summed E-state index contributed by atoms with van der Waals surface area (Å²) in [6, 6.07) is 10.5. The van der Waals surface area contributed by atoms with Gasteiger partial charge in [0.2, 0.25) is 0 Å². The summed E-state index contributed by atoms with van der Waals surface area (Å²) < 4.78 is 0. The van der Waals surface area contributed by atoms with E-state index in [0.29, 0.717) is 0 Å². The fourth-order valence-electron chi connectivity index (χ4n) is 1.28. The molecule has 2 aromatic rings. The van der Waals surface area contributed by atoms with Gasteiger partial charge in [-0.05, 0) is 24.2 Å². The first-order chi connectivity index (χ1) is 5.77. The maximum atomic E-state index is 5.80. The molecule has 1 heterocycles. The van der Waals surface area contributed by atoms with Crippen molar-refractivity contribution in [1.29, 1.82) is 0 Å². The molecule has 3 heteroatoms. The Morgan fingerprint density at radius 2 is 2.23 bits per heavy atom. The van der Waals surface area contributed by atoms with E-state index in [1.54, 1.807) is 0 Å². The molecule has 0 unspecified atom stereocenters. The summed E-state index contributed by atoms with van der Waals surface area (Å²) in [7, 11) is 0. The van der Waals surface area contributed by atoms with Crippen LogP contribution >= 0.6 is 0 Å². The van der Waals surface area contributed by atoms with Crippen molar-refractivity contribution in [3.8, 4) is 0 Å². The third-order valence-corrected chi connectivity index (χ3v) is 1.81. The first-order valence-electron chi connectivity index (χ1n) is 3.80. The molecule has 0 saturated heterocycles. The number of rotatable bonds is 0. The van der Waals surface area contributed by atoms with Crippen LogP contribution in [0.3, 0.4) is 0 Å². The normalized spacial score (nSPS) is 9.62. The van der Waals surface area contributed by atoms with E-state index >= 15 is 0 Å². The number of pyridine rings is 1. The molecule has 13 heavy (non-hydrogen) atoms. The molecule has 1 aromatic carbocycles. The van der Waals surface area contributed by atoms with Gasteiger partial charge in [0.05, 0.1) is 0 Å². The molecule has 0 saturated carbocycles. The molecule has 0 spiro atoms. The van der Waals surface area contributed by atoms with Crippen LogP contribution in [0.2, 0.25) is 0 Å². The predicted octanol–water partition coefficient (Wildman–Crippen LogP) is 1.92. The van der Waals surface area contributed by atoms with Crippen LogP contribution in [-0.4, -0.2) is 4.98 Å². The van der Waals surface area contributed by atoms with Crippen molar-refractivity contribution >= 4 is 16.6 Å². The molecule has 1 radical (unpaired) electrons. The number of nitrogens with zero attached hydrogens (tertiary/aromatic N) is 1. The molecule has 0 fully saturated rings. The molecule has 0 atom stereocenters. The van der Waals surface area contributed by atoms with E-state index in [2.05, 4.69) is 11.1 Å². The molecule has 0 aliphatic heterocycles. The second-order valence-corrected chi connectivity index (χ2v) is 2.80. The van der Waals surface area contributed by atoms with E-state index in [-0.39, 0.29) is 32.7 Å². The number of nitrogen functional groups attached to an aromatic ring is 1. The Balaban J connectivity index is 0.000000845. The van der Waals surface area contributed by atoms with Crippen LogP contribution in [0.1, 0.15) is 5.69 Å². The van der Waals surface area contributed by atoms with E-state index in [4.69, 9.17) is 5.73 Å². The van der Waals surface area contributed by atoms with Gasteiger partial charge < -0.3 is 5.73 Å². The van der Waals surface area contributed by atoms with Crippen molar-refractivity contribution in [2.45, 2.75) is 6.92 Å². The summed E-state index contributed by atoms with van der Waals surface area (Å²) in [5.74, 6) is 0. The van der Waals surface area contributed by atoms with Gasteiger partial charge in [-0.3, -0.25) is 4.98 Å². The van der Waals surface area contributed by atoms with Crippen LogP contribution < -0.4 is 5.73 Å². The minimum atomic E-state index is 0. The summed E-state index contributed by atoms with van der Waals surface area (Å²) in [4.78, 5) is 4.34. The zero-order valence-electron chi connectivity index (χ0n) is 7.41. The maximum absolute atomic E-state index is 5.80. The number of hydrogen-bond acceptors (Lipinski definition) is 2. The van der Waals surface area contributed by atoms with Gasteiger partial charge in [-0.15, -0.1) is 6.07 Å². The van der Waals surface area contributed by atoms with E-state index in [9.17, 15) is 0 Å². The quantitative estimate of drug-likeness (QED) is 0.721. The Labute approximate surface area is 102 Å². The first-order valence-corrected chi connectivity index (χ1v) is 3.80. The SMILES string of the molecule is Cc1cc(N)c2c[c-]ccc2n1.[Y]. The Hall–Kier alpha value is -0.466. The third kappa shape index (κ3) is 2.06. The molecule has 0 aliphatic rings. The fraction of sp³-hybridized carbons (Fsp3) is 0.100. The van der Waals surface area contributed by atoms with E-state index in [0.717, 1.165) is 22.3 Å². The summed E-state index contributed by atoms with van der Waals surface area (Å²) in [6.45, 7) is 1.94. The number of nitrogens with two attached hydrogens (primary N) is 1. The minimum absolute atomic E-state index is 0. The number of hydrogen-bond donors (Lipinski definition) is 1. The number of aryl methyl sites for hydroxylation is 1. The van der Waals surface area contributed by atoms with Crippen molar-refractivity contribution in [1.82, 2.24) is 4.98 Å². The average molecular weight is 246 g/mol. The summed E-state index contributed by atoms with van der Waals surface area (Å²) in [5, 5.41) is 0.975. The molecule has 1 aromatic heterocycles. The molecular weight excluding hydrogens is 237 g/mol. The van der Waals surface area contributed by atoms with Crippen molar-refractivity contribution in [3.05, 3.63) is 36.0 Å². The molecule has 0 aliphatic carbocycles. The molecule has 2 rings (SSSR count). The van der Waals surface area contributed by atoms with Crippen LogP contribution in [0.4, 0.5) is 5.69 Å². The number of benzene rings is 1. The molecule has 2 N–H and O–H groups in total. The van der Waals surface area contributed by atoms with Gasteiger partial charge >= 0.3 is 0 Å². The van der Waals surface area contributed by atoms with E-state index < -0.39 is 0 Å². The van der Waals surface area contributed by atoms with Crippen LogP contribution in [0.5, 0.6) is 0 Å². The maximum Gasteiger partial charge on any atom is 0.0364 e. The summed E-state index contributed by atoms with van der Waals surface area (Å²) >= 11 is 0. The molecule has 63 valence electrons. The number of anilines is 1. The topological polar surface area (TPSA) is 38.9 Å².